The molecule has 0 atom stereocenters. The lowest BCUT2D eigenvalue weighted by Crippen LogP contribution is -2.25. The van der Waals surface area contributed by atoms with Crippen LogP contribution < -0.4 is 0 Å². The van der Waals surface area contributed by atoms with Gasteiger partial charge in [0.2, 0.25) is 5.82 Å². The van der Waals surface area contributed by atoms with Crippen LogP contribution in [-0.2, 0) is 9.05 Å². The summed E-state index contributed by atoms with van der Waals surface area (Å²) >= 11 is 0. The van der Waals surface area contributed by atoms with Crippen molar-refractivity contribution in [3.05, 3.63) is 33.4 Å². The maximum Gasteiger partial charge on any atom is 0.307 e. The van der Waals surface area contributed by atoms with E-state index in [0.29, 0.717) is 0 Å². The van der Waals surface area contributed by atoms with Crippen LogP contribution in [0.15, 0.2) is 11.0 Å². The van der Waals surface area contributed by atoms with Crippen LogP contribution in [0, 0.1) is 21.7 Å². The fraction of sp³-hybridized carbons (Fsp3) is 0.222. The van der Waals surface area contributed by atoms with Gasteiger partial charge in [-0.1, -0.05) is 0 Å². The molecular weight excluding hydrogens is 322 g/mol. The van der Waals surface area contributed by atoms with E-state index in [4.69, 9.17) is 10.7 Å². The van der Waals surface area contributed by atoms with Crippen LogP contribution in [0.2, 0.25) is 0 Å². The summed E-state index contributed by atoms with van der Waals surface area (Å²) in [5, 5.41) is 10.6. The minimum absolute atomic E-state index is 0.124. The van der Waals surface area contributed by atoms with Gasteiger partial charge in [0.05, 0.1) is 4.92 Å². The number of nitro benzene ring substituents is 1. The maximum atomic E-state index is 13.9. The van der Waals surface area contributed by atoms with Gasteiger partial charge < -0.3 is 4.90 Å². The van der Waals surface area contributed by atoms with Crippen molar-refractivity contribution in [2.45, 2.75) is 4.90 Å². The Labute approximate surface area is 116 Å². The molecule has 0 aliphatic rings. The third-order valence-corrected chi connectivity index (χ3v) is 3.55. The summed E-state index contributed by atoms with van der Waals surface area (Å²) in [5.74, 6) is -4.82. The SMILES string of the molecule is CN(C)C(=O)c1c(F)c([N+](=O)[O-])cc(S(=O)(=O)Cl)c1F. The highest BCUT2D eigenvalue weighted by atomic mass is 35.7. The van der Waals surface area contributed by atoms with Crippen LogP contribution in [0.1, 0.15) is 10.4 Å². The van der Waals surface area contributed by atoms with Crippen molar-refractivity contribution in [2.24, 2.45) is 0 Å². The molecule has 1 aromatic carbocycles. The molecule has 0 aliphatic heterocycles. The summed E-state index contributed by atoms with van der Waals surface area (Å²) in [4.78, 5) is 20.4. The quantitative estimate of drug-likeness (QED) is 0.476. The Kier molecular flexibility index (Phi) is 4.30. The van der Waals surface area contributed by atoms with E-state index in [1.807, 2.05) is 0 Å². The van der Waals surface area contributed by atoms with E-state index < -0.39 is 47.7 Å². The van der Waals surface area contributed by atoms with Gasteiger partial charge in [-0.05, 0) is 0 Å². The number of nitrogens with zero attached hydrogens (tertiary/aromatic N) is 2. The second kappa shape index (κ2) is 5.29. The Bertz CT molecular complexity index is 705. The number of hydrogen-bond donors (Lipinski definition) is 0. The normalized spacial score (nSPS) is 11.2. The first-order valence-corrected chi connectivity index (χ1v) is 7.12. The van der Waals surface area contributed by atoms with Crippen molar-refractivity contribution in [3.8, 4) is 0 Å². The lowest BCUT2D eigenvalue weighted by molar-refractivity contribution is -0.387. The average Bonchev–Trinajstić information content (AvgIpc) is 2.26. The highest BCUT2D eigenvalue weighted by molar-refractivity contribution is 8.13. The molecule has 0 saturated heterocycles. The van der Waals surface area contributed by atoms with Crippen molar-refractivity contribution < 1.29 is 26.9 Å². The molecule has 7 nitrogen and oxygen atoms in total. The summed E-state index contributed by atoms with van der Waals surface area (Å²) in [5.41, 5.74) is -2.72. The summed E-state index contributed by atoms with van der Waals surface area (Å²) in [7, 11) is 2.45. The van der Waals surface area contributed by atoms with Gasteiger partial charge >= 0.3 is 5.69 Å². The molecular formula is C9H7ClF2N2O5S. The minimum atomic E-state index is -4.73. The molecule has 1 rings (SSSR count). The molecule has 0 unspecified atom stereocenters. The minimum Gasteiger partial charge on any atom is -0.345 e. The third-order valence-electron chi connectivity index (χ3n) is 2.23. The van der Waals surface area contributed by atoms with Crippen molar-refractivity contribution in [1.82, 2.24) is 4.90 Å². The molecule has 110 valence electrons. The van der Waals surface area contributed by atoms with Crippen LogP contribution in [-0.4, -0.2) is 38.2 Å². The second-order valence-corrected chi connectivity index (χ2v) is 6.33. The first-order chi connectivity index (χ1) is 8.98. The van der Waals surface area contributed by atoms with Gasteiger partial charge in [0.1, 0.15) is 10.5 Å². The van der Waals surface area contributed by atoms with E-state index in [-0.39, 0.29) is 6.07 Å². The summed E-state index contributed by atoms with van der Waals surface area (Å²) in [6.07, 6.45) is 0. The summed E-state index contributed by atoms with van der Waals surface area (Å²) < 4.78 is 50.0. The standard InChI is InChI=1S/C9H7ClF2N2O5S/c1-13(2)9(15)6-7(11)4(14(16)17)3-5(8(6)12)20(10,18)19/h3H,1-2H3. The number of carbonyl (C=O) groups excluding carboxylic acids is 1. The van der Waals surface area contributed by atoms with Gasteiger partial charge in [-0.3, -0.25) is 14.9 Å². The van der Waals surface area contributed by atoms with E-state index in [9.17, 15) is 32.1 Å². The Balaban J connectivity index is 3.87. The molecule has 11 heteroatoms. The Morgan fingerprint density at radius 2 is 1.85 bits per heavy atom. The topological polar surface area (TPSA) is 97.6 Å². The lowest BCUT2D eigenvalue weighted by Gasteiger charge is -2.13. The first-order valence-electron chi connectivity index (χ1n) is 4.81. The maximum absolute atomic E-state index is 13.9. The van der Waals surface area contributed by atoms with Gasteiger partial charge in [-0.15, -0.1) is 0 Å². The number of rotatable bonds is 3. The van der Waals surface area contributed by atoms with Crippen LogP contribution >= 0.6 is 10.7 Å². The van der Waals surface area contributed by atoms with Crippen molar-refractivity contribution >= 4 is 31.3 Å². The van der Waals surface area contributed by atoms with E-state index in [1.54, 1.807) is 0 Å². The zero-order valence-corrected chi connectivity index (χ0v) is 11.6. The zero-order valence-electron chi connectivity index (χ0n) is 10.1. The highest BCUT2D eigenvalue weighted by Gasteiger charge is 2.33. The molecule has 20 heavy (non-hydrogen) atoms. The van der Waals surface area contributed by atoms with Crippen LogP contribution in [0.3, 0.4) is 0 Å². The van der Waals surface area contributed by atoms with Gasteiger partial charge in [0.25, 0.3) is 15.0 Å². The molecule has 0 heterocycles. The number of hydrogen-bond acceptors (Lipinski definition) is 5. The third kappa shape index (κ3) is 2.85. The predicted molar refractivity (Wildman–Crippen MR) is 64.1 cm³/mol. The zero-order chi connectivity index (χ0) is 15.8. The molecule has 0 saturated carbocycles. The van der Waals surface area contributed by atoms with Crippen LogP contribution in [0.4, 0.5) is 14.5 Å². The molecule has 0 radical (unpaired) electrons. The van der Waals surface area contributed by atoms with Gasteiger partial charge in [0, 0.05) is 30.8 Å². The number of nitro groups is 1. The smallest absolute Gasteiger partial charge is 0.307 e. The number of carbonyl (C=O) groups is 1. The highest BCUT2D eigenvalue weighted by Crippen LogP contribution is 2.31. The van der Waals surface area contributed by atoms with Crippen molar-refractivity contribution in [2.75, 3.05) is 14.1 Å². The van der Waals surface area contributed by atoms with E-state index in [2.05, 4.69) is 0 Å². The molecule has 0 spiro atoms. The van der Waals surface area contributed by atoms with E-state index >= 15 is 0 Å². The molecule has 1 amide bonds. The van der Waals surface area contributed by atoms with Crippen molar-refractivity contribution in [3.63, 3.8) is 0 Å². The van der Waals surface area contributed by atoms with Gasteiger partial charge in [-0.25, -0.2) is 12.8 Å². The number of amides is 1. The average molecular weight is 329 g/mol. The molecule has 0 aliphatic carbocycles. The molecule has 0 aromatic heterocycles. The van der Waals surface area contributed by atoms with E-state index in [1.165, 1.54) is 0 Å². The molecule has 0 N–H and O–H groups in total. The molecule has 0 fully saturated rings. The van der Waals surface area contributed by atoms with Crippen LogP contribution in [0.5, 0.6) is 0 Å². The van der Waals surface area contributed by atoms with Crippen molar-refractivity contribution in [1.29, 1.82) is 0 Å². The largest absolute Gasteiger partial charge is 0.345 e. The Morgan fingerprint density at radius 1 is 1.35 bits per heavy atom. The van der Waals surface area contributed by atoms with Gasteiger partial charge in [-0.2, -0.15) is 4.39 Å². The number of halogens is 3. The monoisotopic (exact) mass is 328 g/mol. The summed E-state index contributed by atoms with van der Waals surface area (Å²) in [6.45, 7) is 0. The number of benzene rings is 1. The predicted octanol–water partition coefficient (Wildman–Crippen LogP) is 1.50. The molecule has 1 aromatic rings. The van der Waals surface area contributed by atoms with Gasteiger partial charge in [0.15, 0.2) is 5.82 Å². The van der Waals surface area contributed by atoms with Crippen LogP contribution in [0.25, 0.3) is 0 Å². The molecule has 0 bridgehead atoms. The fourth-order valence-corrected chi connectivity index (χ4v) is 2.23. The fourth-order valence-electron chi connectivity index (χ4n) is 1.32. The first kappa shape index (κ1) is 16.2. The Hall–Kier alpha value is -1.81. The summed E-state index contributed by atoms with van der Waals surface area (Å²) in [6, 6.07) is 0.124. The second-order valence-electron chi connectivity index (χ2n) is 3.79. The Morgan fingerprint density at radius 3 is 2.20 bits per heavy atom. The lowest BCUT2D eigenvalue weighted by atomic mass is 10.1. The van der Waals surface area contributed by atoms with E-state index in [0.717, 1.165) is 19.0 Å².